The summed E-state index contributed by atoms with van der Waals surface area (Å²) in [4.78, 5) is 17.4. The lowest BCUT2D eigenvalue weighted by molar-refractivity contribution is -0.116. The third-order valence-electron chi connectivity index (χ3n) is 4.43. The van der Waals surface area contributed by atoms with E-state index in [1.54, 1.807) is 12.3 Å². The van der Waals surface area contributed by atoms with E-state index in [0.717, 1.165) is 42.4 Å². The van der Waals surface area contributed by atoms with Crippen LogP contribution < -0.4 is 10.6 Å². The Labute approximate surface area is 163 Å². The number of aryl methyl sites for hydroxylation is 1. The van der Waals surface area contributed by atoms with E-state index in [9.17, 15) is 9.18 Å². The summed E-state index contributed by atoms with van der Waals surface area (Å²) in [7, 11) is 1.90. The van der Waals surface area contributed by atoms with Gasteiger partial charge >= 0.3 is 0 Å². The van der Waals surface area contributed by atoms with Crippen molar-refractivity contribution in [2.24, 2.45) is 13.0 Å². The Morgan fingerprint density at radius 2 is 2.19 bits per heavy atom. The zero-order valence-electron chi connectivity index (χ0n) is 14.7. The molecular weight excluding hydrogens is 375 g/mol. The minimum absolute atomic E-state index is 0. The standard InChI is InChI=1S/C18H23FN4OS.ClH/c1-23-11-10-21-18(23)25-16-4-3-14(19)12-15(16)22-17(24)5-2-13-6-8-20-9-7-13;/h3-4,10-13,20H,2,5-9H2,1H3,(H,22,24);1H. The second-order valence-electron chi connectivity index (χ2n) is 6.34. The van der Waals surface area contributed by atoms with E-state index in [1.807, 2.05) is 17.8 Å². The summed E-state index contributed by atoms with van der Waals surface area (Å²) in [5.41, 5.74) is 0.503. The van der Waals surface area contributed by atoms with Gasteiger partial charge in [-0.25, -0.2) is 9.37 Å². The number of anilines is 1. The molecule has 0 unspecified atom stereocenters. The van der Waals surface area contributed by atoms with Crippen molar-refractivity contribution >= 4 is 35.8 Å². The molecule has 1 aliphatic rings. The molecule has 0 atom stereocenters. The van der Waals surface area contributed by atoms with Crippen LogP contribution in [0, 0.1) is 11.7 Å². The van der Waals surface area contributed by atoms with Crippen LogP contribution in [0.15, 0.2) is 40.6 Å². The van der Waals surface area contributed by atoms with Gasteiger partial charge in [-0.3, -0.25) is 4.79 Å². The fourth-order valence-corrected chi connectivity index (χ4v) is 3.83. The molecule has 2 heterocycles. The van der Waals surface area contributed by atoms with Crippen LogP contribution in [-0.4, -0.2) is 28.5 Å². The van der Waals surface area contributed by atoms with E-state index in [-0.39, 0.29) is 24.1 Å². The Hall–Kier alpha value is -1.57. The number of nitrogens with zero attached hydrogens (tertiary/aromatic N) is 2. The molecular formula is C18H24ClFN4OS. The highest BCUT2D eigenvalue weighted by Gasteiger charge is 2.16. The Balaban J connectivity index is 0.00000243. The van der Waals surface area contributed by atoms with Crippen LogP contribution in [0.4, 0.5) is 10.1 Å². The maximum absolute atomic E-state index is 13.6. The molecule has 3 rings (SSSR count). The molecule has 0 bridgehead atoms. The summed E-state index contributed by atoms with van der Waals surface area (Å²) >= 11 is 1.41. The van der Waals surface area contributed by atoms with Gasteiger partial charge < -0.3 is 15.2 Å². The SMILES string of the molecule is Cl.Cn1ccnc1Sc1ccc(F)cc1NC(=O)CCC1CCNCC1. The van der Waals surface area contributed by atoms with Crippen molar-refractivity contribution in [3.63, 3.8) is 0 Å². The molecule has 0 radical (unpaired) electrons. The van der Waals surface area contributed by atoms with Crippen molar-refractivity contribution in [1.82, 2.24) is 14.9 Å². The molecule has 0 saturated carbocycles. The van der Waals surface area contributed by atoms with Gasteiger partial charge in [-0.05, 0) is 68.2 Å². The van der Waals surface area contributed by atoms with Gasteiger partial charge in [-0.15, -0.1) is 12.4 Å². The fraction of sp³-hybridized carbons (Fsp3) is 0.444. The molecule has 2 aromatic rings. The number of halogens is 2. The number of hydrogen-bond donors (Lipinski definition) is 2. The summed E-state index contributed by atoms with van der Waals surface area (Å²) in [6.07, 6.45) is 7.14. The highest BCUT2D eigenvalue weighted by molar-refractivity contribution is 7.99. The molecule has 142 valence electrons. The molecule has 1 aliphatic heterocycles. The van der Waals surface area contributed by atoms with Crippen molar-refractivity contribution < 1.29 is 9.18 Å². The lowest BCUT2D eigenvalue weighted by Gasteiger charge is -2.22. The number of aromatic nitrogens is 2. The first-order chi connectivity index (χ1) is 12.1. The van der Waals surface area contributed by atoms with Gasteiger partial charge in [-0.1, -0.05) is 0 Å². The van der Waals surface area contributed by atoms with Crippen molar-refractivity contribution in [2.75, 3.05) is 18.4 Å². The van der Waals surface area contributed by atoms with Gasteiger partial charge in [-0.2, -0.15) is 0 Å². The van der Waals surface area contributed by atoms with Crippen LogP contribution in [0.25, 0.3) is 0 Å². The molecule has 1 aromatic carbocycles. The minimum Gasteiger partial charge on any atom is -0.329 e. The smallest absolute Gasteiger partial charge is 0.224 e. The average molecular weight is 399 g/mol. The number of amides is 1. The molecule has 1 aromatic heterocycles. The van der Waals surface area contributed by atoms with E-state index in [4.69, 9.17) is 0 Å². The summed E-state index contributed by atoms with van der Waals surface area (Å²) in [6.45, 7) is 2.06. The predicted molar refractivity (Wildman–Crippen MR) is 104 cm³/mol. The Morgan fingerprint density at radius 1 is 1.42 bits per heavy atom. The first-order valence-corrected chi connectivity index (χ1v) is 9.39. The zero-order valence-corrected chi connectivity index (χ0v) is 16.3. The van der Waals surface area contributed by atoms with Crippen molar-refractivity contribution in [1.29, 1.82) is 0 Å². The molecule has 1 saturated heterocycles. The van der Waals surface area contributed by atoms with Crippen LogP contribution in [0.5, 0.6) is 0 Å². The lowest BCUT2D eigenvalue weighted by atomic mass is 9.93. The van der Waals surface area contributed by atoms with Crippen LogP contribution in [0.3, 0.4) is 0 Å². The summed E-state index contributed by atoms with van der Waals surface area (Å²) in [5.74, 6) is 0.171. The Kier molecular flexibility index (Phi) is 7.93. The maximum atomic E-state index is 13.6. The van der Waals surface area contributed by atoms with Gasteiger partial charge in [0.2, 0.25) is 5.91 Å². The highest BCUT2D eigenvalue weighted by Crippen LogP contribution is 2.33. The first-order valence-electron chi connectivity index (χ1n) is 8.57. The maximum Gasteiger partial charge on any atom is 0.224 e. The number of piperidine rings is 1. The lowest BCUT2D eigenvalue weighted by Crippen LogP contribution is -2.28. The van der Waals surface area contributed by atoms with Gasteiger partial charge in [0.25, 0.3) is 0 Å². The molecule has 8 heteroatoms. The van der Waals surface area contributed by atoms with Gasteiger partial charge in [0.05, 0.1) is 5.69 Å². The molecule has 26 heavy (non-hydrogen) atoms. The first kappa shape index (κ1) is 20.7. The topological polar surface area (TPSA) is 59.0 Å². The average Bonchev–Trinajstić information content (AvgIpc) is 3.01. The number of rotatable bonds is 6. The second kappa shape index (κ2) is 9.94. The number of benzene rings is 1. The third kappa shape index (κ3) is 5.72. The number of carbonyl (C=O) groups is 1. The molecule has 1 fully saturated rings. The molecule has 1 amide bonds. The Bertz CT molecular complexity index is 734. The zero-order chi connectivity index (χ0) is 17.6. The molecule has 0 spiro atoms. The summed E-state index contributed by atoms with van der Waals surface area (Å²) in [6, 6.07) is 4.45. The van der Waals surface area contributed by atoms with E-state index in [1.165, 1.54) is 23.9 Å². The Morgan fingerprint density at radius 3 is 2.88 bits per heavy atom. The van der Waals surface area contributed by atoms with Gasteiger partial charge in [0.15, 0.2) is 5.16 Å². The third-order valence-corrected chi connectivity index (χ3v) is 5.58. The van der Waals surface area contributed by atoms with Crippen LogP contribution in [0.1, 0.15) is 25.7 Å². The fourth-order valence-electron chi connectivity index (χ4n) is 2.96. The van der Waals surface area contributed by atoms with Gasteiger partial charge in [0, 0.05) is 30.8 Å². The van der Waals surface area contributed by atoms with E-state index in [2.05, 4.69) is 15.6 Å². The molecule has 0 aliphatic carbocycles. The number of carbonyl (C=O) groups excluding carboxylic acids is 1. The molecule has 2 N–H and O–H groups in total. The second-order valence-corrected chi connectivity index (χ2v) is 7.35. The van der Waals surface area contributed by atoms with E-state index >= 15 is 0 Å². The number of nitrogens with one attached hydrogen (secondary N) is 2. The largest absolute Gasteiger partial charge is 0.329 e. The van der Waals surface area contributed by atoms with Crippen molar-refractivity contribution in [3.05, 3.63) is 36.4 Å². The van der Waals surface area contributed by atoms with Crippen molar-refractivity contribution in [2.45, 2.75) is 35.7 Å². The van der Waals surface area contributed by atoms with Crippen LogP contribution in [-0.2, 0) is 11.8 Å². The number of hydrogen-bond acceptors (Lipinski definition) is 4. The monoisotopic (exact) mass is 398 g/mol. The van der Waals surface area contributed by atoms with E-state index < -0.39 is 0 Å². The quantitative estimate of drug-likeness (QED) is 0.775. The minimum atomic E-state index is -0.363. The predicted octanol–water partition coefficient (Wildman–Crippen LogP) is 3.85. The van der Waals surface area contributed by atoms with Gasteiger partial charge in [0.1, 0.15) is 5.82 Å². The summed E-state index contributed by atoms with van der Waals surface area (Å²) < 4.78 is 15.5. The van der Waals surface area contributed by atoms with Crippen LogP contribution in [0.2, 0.25) is 0 Å². The highest BCUT2D eigenvalue weighted by atomic mass is 35.5. The molecule has 5 nitrogen and oxygen atoms in total. The van der Waals surface area contributed by atoms with E-state index in [0.29, 0.717) is 18.0 Å². The normalized spacial score (nSPS) is 14.7. The summed E-state index contributed by atoms with van der Waals surface area (Å²) in [5, 5.41) is 6.99. The van der Waals surface area contributed by atoms with Crippen LogP contribution >= 0.6 is 24.2 Å². The van der Waals surface area contributed by atoms with Crippen molar-refractivity contribution in [3.8, 4) is 0 Å². The number of imidazole rings is 1.